The maximum atomic E-state index is 12.9. The van der Waals surface area contributed by atoms with Crippen LogP contribution < -0.4 is 10.2 Å². The first-order valence-electron chi connectivity index (χ1n) is 8.59. The predicted molar refractivity (Wildman–Crippen MR) is 97.4 cm³/mol. The second-order valence-corrected chi connectivity index (χ2v) is 6.87. The Morgan fingerprint density at radius 3 is 2.80 bits per heavy atom. The van der Waals surface area contributed by atoms with E-state index in [0.29, 0.717) is 23.7 Å². The number of anilines is 1. The molecule has 0 saturated heterocycles. The van der Waals surface area contributed by atoms with E-state index in [9.17, 15) is 9.59 Å². The van der Waals surface area contributed by atoms with Gasteiger partial charge >= 0.3 is 0 Å². The van der Waals surface area contributed by atoms with E-state index in [2.05, 4.69) is 24.1 Å². The summed E-state index contributed by atoms with van der Waals surface area (Å²) in [6.45, 7) is 6.71. The third kappa shape index (κ3) is 3.55. The van der Waals surface area contributed by atoms with Crippen LogP contribution in [-0.4, -0.2) is 23.3 Å². The smallest absolute Gasteiger partial charge is 0.260 e. The molecule has 1 atom stereocenters. The number of hydrogen-bond acceptors (Lipinski definition) is 3. The van der Waals surface area contributed by atoms with E-state index in [1.807, 2.05) is 31.2 Å². The Kier molecular flexibility index (Phi) is 4.83. The van der Waals surface area contributed by atoms with E-state index >= 15 is 0 Å². The van der Waals surface area contributed by atoms with Crippen molar-refractivity contribution in [1.82, 2.24) is 10.3 Å². The molecule has 5 nitrogen and oxygen atoms in total. The number of amides is 2. The number of fused-ring (bicyclic) bond motifs is 1. The zero-order chi connectivity index (χ0) is 18.0. The van der Waals surface area contributed by atoms with Gasteiger partial charge in [0.25, 0.3) is 5.91 Å². The number of carbonyl (C=O) groups is 2. The fourth-order valence-corrected chi connectivity index (χ4v) is 3.09. The molecule has 2 heterocycles. The van der Waals surface area contributed by atoms with E-state index in [0.717, 1.165) is 11.3 Å². The Bertz CT molecular complexity index is 801. The fraction of sp³-hybridized carbons (Fsp3) is 0.350. The zero-order valence-corrected chi connectivity index (χ0v) is 14.8. The summed E-state index contributed by atoms with van der Waals surface area (Å²) >= 11 is 0. The Morgan fingerprint density at radius 2 is 2.08 bits per heavy atom. The molecule has 1 aliphatic heterocycles. The fourth-order valence-electron chi connectivity index (χ4n) is 3.09. The lowest BCUT2D eigenvalue weighted by Crippen LogP contribution is -2.34. The monoisotopic (exact) mass is 337 g/mol. The number of aromatic nitrogens is 1. The molecule has 0 aliphatic carbocycles. The van der Waals surface area contributed by atoms with Crippen molar-refractivity contribution in [2.45, 2.75) is 33.2 Å². The molecule has 0 spiro atoms. The number of carbonyl (C=O) groups excluding carboxylic acids is 2. The molecule has 2 aromatic rings. The molecule has 0 unspecified atom stereocenters. The van der Waals surface area contributed by atoms with Gasteiger partial charge in [0.05, 0.1) is 23.7 Å². The second-order valence-electron chi connectivity index (χ2n) is 6.87. The quantitative estimate of drug-likeness (QED) is 0.911. The summed E-state index contributed by atoms with van der Waals surface area (Å²) in [5, 5.41) is 2.93. The van der Waals surface area contributed by atoms with Crippen molar-refractivity contribution in [2.75, 3.05) is 11.4 Å². The largest absolute Gasteiger partial charge is 0.356 e. The average molecular weight is 337 g/mol. The van der Waals surface area contributed by atoms with Crippen LogP contribution >= 0.6 is 0 Å². The molecular weight excluding hydrogens is 314 g/mol. The summed E-state index contributed by atoms with van der Waals surface area (Å²) < 4.78 is 0. The standard InChI is InChI=1S/C20H23N3O2/c1-13(2)12-22-18(24)11-17-19-16(8-5-9-21-19)20(25)23(17)15-7-4-6-14(3)10-15/h4-10,13,17H,11-12H2,1-3H3,(H,22,24)/t17-/m0/s1. The number of pyridine rings is 1. The lowest BCUT2D eigenvalue weighted by atomic mass is 10.1. The Morgan fingerprint density at radius 1 is 1.28 bits per heavy atom. The first-order valence-corrected chi connectivity index (χ1v) is 8.59. The molecule has 1 aromatic carbocycles. The minimum Gasteiger partial charge on any atom is -0.356 e. The van der Waals surface area contributed by atoms with Gasteiger partial charge in [0.2, 0.25) is 5.91 Å². The van der Waals surface area contributed by atoms with Crippen LogP contribution in [0.15, 0.2) is 42.6 Å². The molecule has 1 N–H and O–H groups in total. The van der Waals surface area contributed by atoms with Gasteiger partial charge in [-0.25, -0.2) is 0 Å². The molecule has 5 heteroatoms. The van der Waals surface area contributed by atoms with Crippen LogP contribution in [0.3, 0.4) is 0 Å². The molecule has 130 valence electrons. The van der Waals surface area contributed by atoms with E-state index in [-0.39, 0.29) is 24.3 Å². The Balaban J connectivity index is 1.93. The molecule has 0 saturated carbocycles. The number of nitrogens with zero attached hydrogens (tertiary/aromatic N) is 2. The number of aryl methyl sites for hydroxylation is 1. The first kappa shape index (κ1) is 17.1. The van der Waals surface area contributed by atoms with Crippen LogP contribution in [0.1, 0.15) is 47.9 Å². The highest BCUT2D eigenvalue weighted by Gasteiger charge is 2.39. The van der Waals surface area contributed by atoms with Crippen molar-refractivity contribution in [2.24, 2.45) is 5.92 Å². The van der Waals surface area contributed by atoms with Crippen molar-refractivity contribution in [1.29, 1.82) is 0 Å². The minimum absolute atomic E-state index is 0.0670. The number of nitrogens with one attached hydrogen (secondary N) is 1. The van der Waals surface area contributed by atoms with Crippen LogP contribution in [0, 0.1) is 12.8 Å². The van der Waals surface area contributed by atoms with Crippen LogP contribution in [-0.2, 0) is 4.79 Å². The maximum Gasteiger partial charge on any atom is 0.260 e. The Labute approximate surface area is 148 Å². The number of rotatable bonds is 5. The van der Waals surface area contributed by atoms with Gasteiger partial charge in [-0.15, -0.1) is 0 Å². The molecule has 2 amide bonds. The summed E-state index contributed by atoms with van der Waals surface area (Å²) in [7, 11) is 0. The van der Waals surface area contributed by atoms with Crippen molar-refractivity contribution in [3.63, 3.8) is 0 Å². The van der Waals surface area contributed by atoms with E-state index < -0.39 is 0 Å². The van der Waals surface area contributed by atoms with E-state index in [1.54, 1.807) is 23.2 Å². The third-order valence-corrected chi connectivity index (χ3v) is 4.28. The van der Waals surface area contributed by atoms with Gasteiger partial charge in [0.15, 0.2) is 0 Å². The molecule has 0 radical (unpaired) electrons. The van der Waals surface area contributed by atoms with Crippen LogP contribution in [0.2, 0.25) is 0 Å². The number of hydrogen-bond donors (Lipinski definition) is 1. The molecule has 1 aliphatic rings. The Hall–Kier alpha value is -2.69. The van der Waals surface area contributed by atoms with Gasteiger partial charge in [-0.05, 0) is 42.7 Å². The van der Waals surface area contributed by atoms with Crippen molar-refractivity contribution in [3.05, 3.63) is 59.4 Å². The first-order chi connectivity index (χ1) is 12.0. The van der Waals surface area contributed by atoms with Gasteiger partial charge in [0, 0.05) is 18.4 Å². The van der Waals surface area contributed by atoms with Crippen LogP contribution in [0.5, 0.6) is 0 Å². The van der Waals surface area contributed by atoms with Crippen LogP contribution in [0.4, 0.5) is 5.69 Å². The van der Waals surface area contributed by atoms with Gasteiger partial charge < -0.3 is 5.32 Å². The highest BCUT2D eigenvalue weighted by atomic mass is 16.2. The van der Waals surface area contributed by atoms with E-state index in [4.69, 9.17) is 0 Å². The van der Waals surface area contributed by atoms with Crippen LogP contribution in [0.25, 0.3) is 0 Å². The maximum absolute atomic E-state index is 12.9. The van der Waals surface area contributed by atoms with Gasteiger partial charge in [0.1, 0.15) is 0 Å². The lowest BCUT2D eigenvalue weighted by molar-refractivity contribution is -0.121. The predicted octanol–water partition coefficient (Wildman–Crippen LogP) is 3.25. The highest BCUT2D eigenvalue weighted by Crippen LogP contribution is 2.38. The van der Waals surface area contributed by atoms with Crippen molar-refractivity contribution in [3.8, 4) is 0 Å². The number of benzene rings is 1. The minimum atomic E-state index is -0.377. The van der Waals surface area contributed by atoms with Crippen molar-refractivity contribution >= 4 is 17.5 Å². The van der Waals surface area contributed by atoms with Gasteiger partial charge in [-0.2, -0.15) is 0 Å². The summed E-state index contributed by atoms with van der Waals surface area (Å²) in [5.74, 6) is 0.213. The van der Waals surface area contributed by atoms with Crippen molar-refractivity contribution < 1.29 is 9.59 Å². The van der Waals surface area contributed by atoms with Gasteiger partial charge in [-0.1, -0.05) is 26.0 Å². The molecule has 0 bridgehead atoms. The lowest BCUT2D eigenvalue weighted by Gasteiger charge is -2.25. The average Bonchev–Trinajstić information content (AvgIpc) is 2.86. The summed E-state index contributed by atoms with van der Waals surface area (Å²) in [4.78, 5) is 31.4. The molecule has 25 heavy (non-hydrogen) atoms. The SMILES string of the molecule is Cc1cccc(N2C(=O)c3cccnc3[C@@H]2CC(=O)NCC(C)C)c1. The second kappa shape index (κ2) is 7.05. The highest BCUT2D eigenvalue weighted by molar-refractivity contribution is 6.11. The molecule has 3 rings (SSSR count). The van der Waals surface area contributed by atoms with Gasteiger partial charge in [-0.3, -0.25) is 19.5 Å². The molecule has 0 fully saturated rings. The topological polar surface area (TPSA) is 62.3 Å². The zero-order valence-electron chi connectivity index (χ0n) is 14.8. The molecular formula is C20H23N3O2. The van der Waals surface area contributed by atoms with E-state index in [1.165, 1.54) is 0 Å². The molecule has 1 aromatic heterocycles. The summed E-state index contributed by atoms with van der Waals surface area (Å²) in [6.07, 6.45) is 1.88. The summed E-state index contributed by atoms with van der Waals surface area (Å²) in [6, 6.07) is 10.9. The third-order valence-electron chi connectivity index (χ3n) is 4.28. The normalized spacial score (nSPS) is 16.2. The summed E-state index contributed by atoms with van der Waals surface area (Å²) in [5.41, 5.74) is 3.11.